The number of nitrogens with one attached hydrogen (secondary N) is 1. The van der Waals surface area contributed by atoms with E-state index in [1.54, 1.807) is 0 Å². The van der Waals surface area contributed by atoms with Gasteiger partial charge in [0, 0.05) is 10.5 Å². The zero-order valence-corrected chi connectivity index (χ0v) is 15.9. The van der Waals surface area contributed by atoms with E-state index in [-0.39, 0.29) is 18.5 Å². The largest absolute Gasteiger partial charge is 0.324 e. The second-order valence-electron chi connectivity index (χ2n) is 6.13. The highest BCUT2D eigenvalue weighted by atomic mass is 79.9. The van der Waals surface area contributed by atoms with Crippen molar-refractivity contribution >= 4 is 37.5 Å². The number of carbonyl (C=O) groups excluding carboxylic acids is 1. The van der Waals surface area contributed by atoms with Crippen LogP contribution < -0.4 is 5.32 Å². The zero-order valence-electron chi connectivity index (χ0n) is 13.5. The van der Waals surface area contributed by atoms with Gasteiger partial charge in [-0.05, 0) is 53.4 Å². The molecule has 1 saturated carbocycles. The lowest BCUT2D eigenvalue weighted by atomic mass is 9.95. The van der Waals surface area contributed by atoms with Gasteiger partial charge in [-0.25, -0.2) is 8.42 Å². The summed E-state index contributed by atoms with van der Waals surface area (Å²) in [4.78, 5) is 12.3. The first-order valence-corrected chi connectivity index (χ1v) is 10.4. The molecule has 1 aliphatic carbocycles. The number of aryl methyl sites for hydroxylation is 1. The Hall–Kier alpha value is -0.920. The van der Waals surface area contributed by atoms with Crippen LogP contribution in [0.2, 0.25) is 0 Å². The standard InChI is InChI=1S/C16H23BrN2O3S/c1-12-8-9-15(14(17)10-12)18-16(20)11-19(23(2,21)22)13-6-4-3-5-7-13/h8-10,13H,3-7,11H2,1-2H3,(H,18,20). The van der Waals surface area contributed by atoms with E-state index in [0.717, 1.165) is 42.1 Å². The molecule has 0 unspecified atom stereocenters. The summed E-state index contributed by atoms with van der Waals surface area (Å²) >= 11 is 3.41. The highest BCUT2D eigenvalue weighted by Gasteiger charge is 2.29. The minimum Gasteiger partial charge on any atom is -0.324 e. The summed E-state index contributed by atoms with van der Waals surface area (Å²) in [6.07, 6.45) is 6.00. The van der Waals surface area contributed by atoms with Gasteiger partial charge in [-0.3, -0.25) is 4.79 Å². The van der Waals surface area contributed by atoms with Crippen LogP contribution in [0.4, 0.5) is 5.69 Å². The molecule has 1 amide bonds. The van der Waals surface area contributed by atoms with Crippen molar-refractivity contribution in [1.82, 2.24) is 4.31 Å². The van der Waals surface area contributed by atoms with Crippen LogP contribution in [-0.4, -0.2) is 37.5 Å². The number of amides is 1. The zero-order chi connectivity index (χ0) is 17.0. The average Bonchev–Trinajstić information content (AvgIpc) is 2.47. The lowest BCUT2D eigenvalue weighted by Crippen LogP contribution is -2.45. The maximum atomic E-state index is 12.3. The van der Waals surface area contributed by atoms with Crippen molar-refractivity contribution in [2.24, 2.45) is 0 Å². The lowest BCUT2D eigenvalue weighted by Gasteiger charge is -2.31. The van der Waals surface area contributed by atoms with Crippen LogP contribution in [0, 0.1) is 6.92 Å². The van der Waals surface area contributed by atoms with Crippen LogP contribution >= 0.6 is 15.9 Å². The van der Waals surface area contributed by atoms with Crippen LogP contribution in [0.3, 0.4) is 0 Å². The number of rotatable bonds is 5. The Morgan fingerprint density at radius 3 is 2.52 bits per heavy atom. The molecule has 2 rings (SSSR count). The van der Waals surface area contributed by atoms with E-state index in [1.807, 2.05) is 25.1 Å². The van der Waals surface area contributed by atoms with E-state index in [0.29, 0.717) is 5.69 Å². The highest BCUT2D eigenvalue weighted by Crippen LogP contribution is 2.26. The lowest BCUT2D eigenvalue weighted by molar-refractivity contribution is -0.116. The van der Waals surface area contributed by atoms with Crippen LogP contribution in [0.25, 0.3) is 0 Å². The molecule has 1 aliphatic rings. The summed E-state index contributed by atoms with van der Waals surface area (Å²) in [5.74, 6) is -0.314. The third-order valence-corrected chi connectivity index (χ3v) is 6.04. The van der Waals surface area contributed by atoms with Gasteiger partial charge in [-0.1, -0.05) is 25.3 Å². The number of nitrogens with zero attached hydrogens (tertiary/aromatic N) is 1. The molecule has 0 radical (unpaired) electrons. The van der Waals surface area contributed by atoms with E-state index in [2.05, 4.69) is 21.2 Å². The Kier molecular flexibility index (Phi) is 6.22. The summed E-state index contributed by atoms with van der Waals surface area (Å²) in [5.41, 5.74) is 1.73. The average molecular weight is 403 g/mol. The number of sulfonamides is 1. The molecular weight excluding hydrogens is 380 g/mol. The molecule has 1 N–H and O–H groups in total. The fourth-order valence-electron chi connectivity index (χ4n) is 2.94. The number of carbonyl (C=O) groups is 1. The summed E-state index contributed by atoms with van der Waals surface area (Å²) in [5, 5.41) is 2.79. The predicted molar refractivity (Wildman–Crippen MR) is 95.9 cm³/mol. The topological polar surface area (TPSA) is 66.5 Å². The number of benzene rings is 1. The molecule has 0 spiro atoms. The molecule has 0 bridgehead atoms. The normalized spacial score (nSPS) is 16.5. The third kappa shape index (κ3) is 5.29. The van der Waals surface area contributed by atoms with Crippen molar-refractivity contribution in [3.63, 3.8) is 0 Å². The molecule has 1 aromatic rings. The number of hydrogen-bond donors (Lipinski definition) is 1. The molecule has 0 saturated heterocycles. The summed E-state index contributed by atoms with van der Waals surface area (Å²) in [6.45, 7) is 1.83. The number of halogens is 1. The van der Waals surface area contributed by atoms with Gasteiger partial charge in [0.1, 0.15) is 0 Å². The minimum atomic E-state index is -3.41. The molecule has 1 aromatic carbocycles. The van der Waals surface area contributed by atoms with Crippen molar-refractivity contribution in [2.45, 2.75) is 45.1 Å². The molecule has 0 heterocycles. The van der Waals surface area contributed by atoms with Crippen LogP contribution in [0.1, 0.15) is 37.7 Å². The van der Waals surface area contributed by atoms with Crippen LogP contribution in [0.15, 0.2) is 22.7 Å². The Morgan fingerprint density at radius 2 is 1.96 bits per heavy atom. The predicted octanol–water partition coefficient (Wildman–Crippen LogP) is 3.29. The van der Waals surface area contributed by atoms with E-state index in [4.69, 9.17) is 0 Å². The van der Waals surface area contributed by atoms with Gasteiger partial charge >= 0.3 is 0 Å². The van der Waals surface area contributed by atoms with E-state index in [9.17, 15) is 13.2 Å². The van der Waals surface area contributed by atoms with E-state index >= 15 is 0 Å². The second kappa shape index (κ2) is 7.77. The van der Waals surface area contributed by atoms with Gasteiger partial charge in [0.15, 0.2) is 0 Å². The van der Waals surface area contributed by atoms with Gasteiger partial charge in [0.05, 0.1) is 18.5 Å². The Morgan fingerprint density at radius 1 is 1.30 bits per heavy atom. The first kappa shape index (κ1) is 18.4. The van der Waals surface area contributed by atoms with Crippen molar-refractivity contribution in [3.05, 3.63) is 28.2 Å². The summed E-state index contributed by atoms with van der Waals surface area (Å²) in [6, 6.07) is 5.55. The Labute approximate surface area is 146 Å². The first-order valence-electron chi connectivity index (χ1n) is 7.80. The smallest absolute Gasteiger partial charge is 0.239 e. The summed E-state index contributed by atoms with van der Waals surface area (Å²) in [7, 11) is -3.41. The number of hydrogen-bond acceptors (Lipinski definition) is 3. The Balaban J connectivity index is 2.08. The molecule has 0 aliphatic heterocycles. The highest BCUT2D eigenvalue weighted by molar-refractivity contribution is 9.10. The minimum absolute atomic E-state index is 0.0639. The third-order valence-electron chi connectivity index (χ3n) is 4.11. The maximum absolute atomic E-state index is 12.3. The van der Waals surface area contributed by atoms with Gasteiger partial charge in [-0.2, -0.15) is 4.31 Å². The molecule has 7 heteroatoms. The second-order valence-corrected chi connectivity index (χ2v) is 8.92. The SMILES string of the molecule is Cc1ccc(NC(=O)CN(C2CCCCC2)S(C)(=O)=O)c(Br)c1. The molecule has 1 fully saturated rings. The van der Waals surface area contributed by atoms with Crippen molar-refractivity contribution in [2.75, 3.05) is 18.1 Å². The van der Waals surface area contributed by atoms with Crippen molar-refractivity contribution in [3.8, 4) is 0 Å². The fraction of sp³-hybridized carbons (Fsp3) is 0.562. The van der Waals surface area contributed by atoms with Gasteiger partial charge in [0.2, 0.25) is 15.9 Å². The number of anilines is 1. The first-order chi connectivity index (χ1) is 10.8. The molecule has 5 nitrogen and oxygen atoms in total. The quantitative estimate of drug-likeness (QED) is 0.821. The monoisotopic (exact) mass is 402 g/mol. The van der Waals surface area contributed by atoms with Crippen LogP contribution in [-0.2, 0) is 14.8 Å². The maximum Gasteiger partial charge on any atom is 0.239 e. The molecule has 23 heavy (non-hydrogen) atoms. The fourth-order valence-corrected chi connectivity index (χ4v) is 4.64. The van der Waals surface area contributed by atoms with Crippen molar-refractivity contribution < 1.29 is 13.2 Å². The van der Waals surface area contributed by atoms with Gasteiger partial charge < -0.3 is 5.32 Å². The van der Waals surface area contributed by atoms with E-state index < -0.39 is 10.0 Å². The van der Waals surface area contributed by atoms with Gasteiger partial charge in [0.25, 0.3) is 0 Å². The van der Waals surface area contributed by atoms with Crippen LogP contribution in [0.5, 0.6) is 0 Å². The molecule has 128 valence electrons. The van der Waals surface area contributed by atoms with E-state index in [1.165, 1.54) is 10.6 Å². The molecular formula is C16H23BrN2O3S. The molecule has 0 atom stereocenters. The van der Waals surface area contributed by atoms with Gasteiger partial charge in [-0.15, -0.1) is 0 Å². The summed E-state index contributed by atoms with van der Waals surface area (Å²) < 4.78 is 26.3. The molecule has 0 aromatic heterocycles. The Bertz CT molecular complexity index is 670. The van der Waals surface area contributed by atoms with Crippen molar-refractivity contribution in [1.29, 1.82) is 0 Å².